The summed E-state index contributed by atoms with van der Waals surface area (Å²) in [5, 5.41) is 10.6. The Labute approximate surface area is 191 Å². The average Bonchev–Trinajstić information content (AvgIpc) is 3.45. The largest absolute Gasteiger partial charge is 0.467 e. The molecule has 2 aromatic carbocycles. The first-order valence-corrected chi connectivity index (χ1v) is 10.9. The van der Waals surface area contributed by atoms with Gasteiger partial charge in [-0.1, -0.05) is 42.8 Å². The highest BCUT2D eigenvalue weighted by Crippen LogP contribution is 2.40. The van der Waals surface area contributed by atoms with Gasteiger partial charge in [-0.15, -0.1) is 0 Å². The van der Waals surface area contributed by atoms with Crippen molar-refractivity contribution in [2.24, 2.45) is 0 Å². The number of hydrogen-bond acceptors (Lipinski definition) is 4. The number of pyridine rings is 1. The van der Waals surface area contributed by atoms with Gasteiger partial charge < -0.3 is 9.32 Å². The van der Waals surface area contributed by atoms with Crippen LogP contribution in [0.5, 0.6) is 0 Å². The average molecular weight is 441 g/mol. The van der Waals surface area contributed by atoms with Crippen LogP contribution in [0.2, 0.25) is 5.02 Å². The van der Waals surface area contributed by atoms with E-state index >= 15 is 0 Å². The van der Waals surface area contributed by atoms with E-state index in [0.717, 1.165) is 45.8 Å². The van der Waals surface area contributed by atoms with Crippen LogP contribution in [0, 0.1) is 18.3 Å². The maximum Gasteiger partial charge on any atom is 0.157 e. The highest BCUT2D eigenvalue weighted by molar-refractivity contribution is 6.33. The zero-order valence-electron chi connectivity index (χ0n) is 17.8. The maximum absolute atomic E-state index is 10.0. The second kappa shape index (κ2) is 8.07. The summed E-state index contributed by atoms with van der Waals surface area (Å²) in [6.07, 6.45) is 2.42. The molecular weight excluding hydrogens is 420 g/mol. The fourth-order valence-corrected chi connectivity index (χ4v) is 4.61. The molecule has 5 rings (SSSR count). The Morgan fingerprint density at radius 3 is 2.59 bits per heavy atom. The number of imidazole rings is 1. The van der Waals surface area contributed by atoms with Crippen LogP contribution in [0.1, 0.15) is 29.4 Å². The molecule has 0 bridgehead atoms. The maximum atomic E-state index is 10.0. The van der Waals surface area contributed by atoms with Gasteiger partial charge in [-0.25, -0.2) is 4.98 Å². The molecule has 3 heterocycles. The van der Waals surface area contributed by atoms with Crippen LogP contribution < -0.4 is 4.90 Å². The monoisotopic (exact) mass is 440 g/mol. The first-order chi connectivity index (χ1) is 15.6. The molecule has 5 nitrogen and oxygen atoms in total. The SMILES string of the molecule is CCc1c(C)c(C#N)c2nc3ccccc3n2c1N(Cc1ccco1)c1ccccc1Cl. The Morgan fingerprint density at radius 2 is 1.88 bits per heavy atom. The van der Waals surface area contributed by atoms with Gasteiger partial charge in [-0.05, 0) is 60.9 Å². The van der Waals surface area contributed by atoms with Crippen molar-refractivity contribution in [1.29, 1.82) is 5.26 Å². The normalized spacial score (nSPS) is 11.2. The quantitative estimate of drug-likeness (QED) is 0.301. The third kappa shape index (κ3) is 3.12. The molecule has 0 aliphatic heterocycles. The lowest BCUT2D eigenvalue weighted by Crippen LogP contribution is -2.22. The van der Waals surface area contributed by atoms with Gasteiger partial charge in [0.1, 0.15) is 17.6 Å². The molecule has 0 amide bonds. The standard InChI is InChI=1S/C26H21ClN4O/c1-3-19-17(2)20(15-28)25-29-22-11-5-7-13-24(22)31(25)26(19)30(16-18-9-8-14-32-18)23-12-6-4-10-21(23)27/h4-14H,3,16H2,1-2H3. The number of nitrogens with zero attached hydrogens (tertiary/aromatic N) is 4. The summed E-state index contributed by atoms with van der Waals surface area (Å²) in [4.78, 5) is 7.00. The number of aromatic nitrogens is 2. The Balaban J connectivity index is 1.93. The minimum atomic E-state index is 0.483. The second-order valence-corrected chi connectivity index (χ2v) is 8.05. The Kier molecular flexibility index (Phi) is 5.08. The van der Waals surface area contributed by atoms with Crippen LogP contribution in [0.15, 0.2) is 71.3 Å². The van der Waals surface area contributed by atoms with E-state index in [-0.39, 0.29) is 0 Å². The van der Waals surface area contributed by atoms with Crippen LogP contribution in [-0.4, -0.2) is 9.38 Å². The molecule has 3 aromatic heterocycles. The van der Waals surface area contributed by atoms with Crippen LogP contribution in [0.25, 0.3) is 16.7 Å². The number of nitriles is 1. The summed E-state index contributed by atoms with van der Waals surface area (Å²) in [6.45, 7) is 4.59. The zero-order valence-corrected chi connectivity index (χ0v) is 18.6. The van der Waals surface area contributed by atoms with Crippen molar-refractivity contribution in [2.75, 3.05) is 4.90 Å². The van der Waals surface area contributed by atoms with Crippen molar-refractivity contribution < 1.29 is 4.42 Å². The summed E-state index contributed by atoms with van der Waals surface area (Å²) < 4.78 is 7.80. The van der Waals surface area contributed by atoms with Gasteiger partial charge in [0.05, 0.1) is 40.1 Å². The van der Waals surface area contributed by atoms with E-state index in [1.165, 1.54) is 0 Å². The molecule has 0 spiro atoms. The lowest BCUT2D eigenvalue weighted by molar-refractivity contribution is 0.509. The van der Waals surface area contributed by atoms with E-state index in [1.807, 2.05) is 67.6 Å². The number of fused-ring (bicyclic) bond motifs is 3. The summed E-state index contributed by atoms with van der Waals surface area (Å²) in [7, 11) is 0. The Hall–Kier alpha value is -3.75. The highest BCUT2D eigenvalue weighted by Gasteiger charge is 2.26. The van der Waals surface area contributed by atoms with E-state index in [2.05, 4.69) is 22.3 Å². The van der Waals surface area contributed by atoms with Crippen LogP contribution >= 0.6 is 11.6 Å². The molecule has 32 heavy (non-hydrogen) atoms. The fourth-order valence-electron chi connectivity index (χ4n) is 4.37. The van der Waals surface area contributed by atoms with Gasteiger partial charge in [0.15, 0.2) is 5.65 Å². The number of rotatable bonds is 5. The summed E-state index contributed by atoms with van der Waals surface area (Å²) in [5.74, 6) is 1.75. The van der Waals surface area contributed by atoms with Crippen LogP contribution in [0.4, 0.5) is 11.5 Å². The van der Waals surface area contributed by atoms with E-state index < -0.39 is 0 Å². The van der Waals surface area contributed by atoms with Crippen molar-refractivity contribution in [3.05, 3.63) is 94.4 Å². The first kappa shape index (κ1) is 20.2. The topological polar surface area (TPSA) is 57.5 Å². The predicted octanol–water partition coefficient (Wildman–Crippen LogP) is 6.81. The van der Waals surface area contributed by atoms with Gasteiger partial charge in [0.25, 0.3) is 0 Å². The highest BCUT2D eigenvalue weighted by atomic mass is 35.5. The minimum Gasteiger partial charge on any atom is -0.467 e. The molecule has 0 saturated carbocycles. The number of furan rings is 1. The van der Waals surface area contributed by atoms with E-state index in [0.29, 0.717) is 22.8 Å². The number of hydrogen-bond donors (Lipinski definition) is 0. The molecule has 0 fully saturated rings. The molecule has 0 unspecified atom stereocenters. The molecule has 158 valence electrons. The third-order valence-corrected chi connectivity index (χ3v) is 6.17. The van der Waals surface area contributed by atoms with Gasteiger partial charge >= 0.3 is 0 Å². The minimum absolute atomic E-state index is 0.483. The molecular formula is C26H21ClN4O. The second-order valence-electron chi connectivity index (χ2n) is 7.64. The number of halogens is 1. The van der Waals surface area contributed by atoms with Gasteiger partial charge in [-0.3, -0.25) is 4.40 Å². The van der Waals surface area contributed by atoms with E-state index in [9.17, 15) is 5.26 Å². The lowest BCUT2D eigenvalue weighted by atomic mass is 10.0. The number of benzene rings is 2. The van der Waals surface area contributed by atoms with Crippen molar-refractivity contribution in [2.45, 2.75) is 26.8 Å². The summed E-state index contributed by atoms with van der Waals surface area (Å²) >= 11 is 6.70. The third-order valence-electron chi connectivity index (χ3n) is 5.85. The summed E-state index contributed by atoms with van der Waals surface area (Å²) in [5.41, 5.74) is 5.90. The lowest BCUT2D eigenvalue weighted by Gasteiger charge is -2.29. The van der Waals surface area contributed by atoms with Crippen LogP contribution in [0.3, 0.4) is 0 Å². The molecule has 0 N–H and O–H groups in total. The zero-order chi connectivity index (χ0) is 22.2. The van der Waals surface area contributed by atoms with E-state index in [1.54, 1.807) is 6.26 Å². The first-order valence-electron chi connectivity index (χ1n) is 10.5. The van der Waals surface area contributed by atoms with Crippen molar-refractivity contribution in [3.8, 4) is 6.07 Å². The molecule has 0 aliphatic rings. The molecule has 6 heteroatoms. The van der Waals surface area contributed by atoms with Crippen molar-refractivity contribution in [3.63, 3.8) is 0 Å². The smallest absolute Gasteiger partial charge is 0.157 e. The van der Waals surface area contributed by atoms with Gasteiger partial charge in [-0.2, -0.15) is 5.26 Å². The Morgan fingerprint density at radius 1 is 1.09 bits per heavy atom. The molecule has 0 aliphatic carbocycles. The van der Waals surface area contributed by atoms with Crippen LogP contribution in [-0.2, 0) is 13.0 Å². The van der Waals surface area contributed by atoms with Crippen molar-refractivity contribution in [1.82, 2.24) is 9.38 Å². The van der Waals surface area contributed by atoms with Crippen molar-refractivity contribution >= 4 is 39.8 Å². The molecule has 0 atom stereocenters. The Bertz CT molecular complexity index is 1480. The number of anilines is 2. The van der Waals surface area contributed by atoms with E-state index in [4.69, 9.17) is 21.0 Å². The fraction of sp³-hybridized carbons (Fsp3) is 0.154. The molecule has 5 aromatic rings. The van der Waals surface area contributed by atoms with Gasteiger partial charge in [0.2, 0.25) is 0 Å². The molecule has 0 radical (unpaired) electrons. The van der Waals surface area contributed by atoms with Gasteiger partial charge in [0, 0.05) is 0 Å². The summed E-state index contributed by atoms with van der Waals surface area (Å²) in [6, 6.07) is 22.0. The number of para-hydroxylation sites is 3. The molecule has 0 saturated heterocycles. The predicted molar refractivity (Wildman–Crippen MR) is 128 cm³/mol.